The van der Waals surface area contributed by atoms with E-state index in [1.54, 1.807) is 0 Å². The molecule has 166 valence electrons. The number of hydrogen-bond acceptors (Lipinski definition) is 2. The summed E-state index contributed by atoms with van der Waals surface area (Å²) >= 11 is 0. The minimum atomic E-state index is -0.0932. The van der Waals surface area contributed by atoms with E-state index < -0.39 is 0 Å². The first kappa shape index (κ1) is 23.1. The fourth-order valence-corrected chi connectivity index (χ4v) is 4.28. The van der Waals surface area contributed by atoms with Gasteiger partial charge in [0.15, 0.2) is 0 Å². The highest BCUT2D eigenvalue weighted by molar-refractivity contribution is 5.94. The van der Waals surface area contributed by atoms with Gasteiger partial charge >= 0.3 is 0 Å². The average Bonchev–Trinajstić information content (AvgIpc) is 3.35. The molecule has 0 bridgehead atoms. The predicted molar refractivity (Wildman–Crippen MR) is 126 cm³/mol. The summed E-state index contributed by atoms with van der Waals surface area (Å²) < 4.78 is 0. The van der Waals surface area contributed by atoms with Crippen molar-refractivity contribution in [3.05, 3.63) is 71.3 Å². The molecule has 1 heterocycles. The van der Waals surface area contributed by atoms with Crippen LogP contribution in [0.5, 0.6) is 0 Å². The SMILES string of the molecule is CCCCCc1ccc(C(=O)N(CCC(=O)N2CCCC2)C(C)c2ccccc2)cc1. The Balaban J connectivity index is 1.72. The maximum Gasteiger partial charge on any atom is 0.254 e. The molecule has 0 aromatic heterocycles. The van der Waals surface area contributed by atoms with Crippen molar-refractivity contribution in [1.82, 2.24) is 9.80 Å². The Kier molecular flexibility index (Phi) is 8.69. The molecule has 4 heteroatoms. The monoisotopic (exact) mass is 420 g/mol. The minimum absolute atomic E-state index is 0.00863. The minimum Gasteiger partial charge on any atom is -0.343 e. The number of hydrogen-bond donors (Lipinski definition) is 0. The standard InChI is InChI=1S/C27H36N2O2/c1-3-4-6-11-23-14-16-25(17-15-23)27(31)29(22(2)24-12-7-5-8-13-24)21-18-26(30)28-19-9-10-20-28/h5,7-8,12-17,22H,3-4,6,9-11,18-21H2,1-2H3. The number of likely N-dealkylation sites (tertiary alicyclic amines) is 1. The fourth-order valence-electron chi connectivity index (χ4n) is 4.28. The lowest BCUT2D eigenvalue weighted by molar-refractivity contribution is -0.130. The van der Waals surface area contributed by atoms with Gasteiger partial charge in [-0.3, -0.25) is 9.59 Å². The molecule has 1 fully saturated rings. The van der Waals surface area contributed by atoms with Crippen LogP contribution in [0, 0.1) is 0 Å². The summed E-state index contributed by atoms with van der Waals surface area (Å²) in [4.78, 5) is 29.9. The van der Waals surface area contributed by atoms with Crippen LogP contribution in [0.2, 0.25) is 0 Å². The molecule has 0 aliphatic carbocycles. The second-order valence-corrected chi connectivity index (χ2v) is 8.58. The van der Waals surface area contributed by atoms with Gasteiger partial charge in [-0.15, -0.1) is 0 Å². The molecule has 0 saturated carbocycles. The van der Waals surface area contributed by atoms with Gasteiger partial charge in [0.05, 0.1) is 6.04 Å². The normalized spacial score (nSPS) is 14.5. The Labute approximate surface area is 187 Å². The molecule has 0 spiro atoms. The highest BCUT2D eigenvalue weighted by atomic mass is 16.2. The average molecular weight is 421 g/mol. The molecule has 3 rings (SSSR count). The van der Waals surface area contributed by atoms with Crippen LogP contribution >= 0.6 is 0 Å². The van der Waals surface area contributed by atoms with Gasteiger partial charge in [-0.25, -0.2) is 0 Å². The zero-order chi connectivity index (χ0) is 22.1. The van der Waals surface area contributed by atoms with E-state index in [1.165, 1.54) is 24.8 Å². The Bertz CT molecular complexity index is 826. The molecular weight excluding hydrogens is 384 g/mol. The van der Waals surface area contributed by atoms with Crippen LogP contribution in [0.3, 0.4) is 0 Å². The third-order valence-electron chi connectivity index (χ3n) is 6.31. The molecule has 1 unspecified atom stereocenters. The van der Waals surface area contributed by atoms with Crippen molar-refractivity contribution < 1.29 is 9.59 Å². The molecule has 2 aromatic rings. The summed E-state index contributed by atoms with van der Waals surface area (Å²) in [6.45, 7) is 6.38. The van der Waals surface area contributed by atoms with Crippen molar-refractivity contribution in [2.24, 2.45) is 0 Å². The molecule has 0 N–H and O–H groups in total. The smallest absolute Gasteiger partial charge is 0.254 e. The van der Waals surface area contributed by atoms with Gasteiger partial charge in [-0.2, -0.15) is 0 Å². The van der Waals surface area contributed by atoms with Gasteiger partial charge in [0.25, 0.3) is 5.91 Å². The van der Waals surface area contributed by atoms with Crippen LogP contribution in [0.15, 0.2) is 54.6 Å². The van der Waals surface area contributed by atoms with Crippen LogP contribution in [0.4, 0.5) is 0 Å². The van der Waals surface area contributed by atoms with Crippen molar-refractivity contribution in [2.45, 2.75) is 64.8 Å². The van der Waals surface area contributed by atoms with Crippen LogP contribution in [-0.4, -0.2) is 41.2 Å². The first-order chi connectivity index (χ1) is 15.1. The Morgan fingerprint density at radius 3 is 2.29 bits per heavy atom. The van der Waals surface area contributed by atoms with Crippen molar-refractivity contribution >= 4 is 11.8 Å². The third kappa shape index (κ3) is 6.43. The molecule has 1 saturated heterocycles. The molecular formula is C27H36N2O2. The summed E-state index contributed by atoms with van der Waals surface area (Å²) in [5, 5.41) is 0. The molecule has 0 radical (unpaired) electrons. The maximum atomic E-state index is 13.5. The third-order valence-corrected chi connectivity index (χ3v) is 6.31. The quantitative estimate of drug-likeness (QED) is 0.467. The number of unbranched alkanes of at least 4 members (excludes halogenated alkanes) is 2. The van der Waals surface area contributed by atoms with Crippen LogP contribution < -0.4 is 0 Å². The van der Waals surface area contributed by atoms with Gasteiger partial charge in [0.2, 0.25) is 5.91 Å². The van der Waals surface area contributed by atoms with Crippen molar-refractivity contribution in [2.75, 3.05) is 19.6 Å². The number of rotatable bonds is 10. The van der Waals surface area contributed by atoms with Gasteiger partial charge < -0.3 is 9.80 Å². The van der Waals surface area contributed by atoms with Crippen LogP contribution in [-0.2, 0) is 11.2 Å². The first-order valence-electron chi connectivity index (χ1n) is 11.8. The second kappa shape index (κ2) is 11.7. The number of carbonyl (C=O) groups excluding carboxylic acids is 2. The topological polar surface area (TPSA) is 40.6 Å². The molecule has 4 nitrogen and oxygen atoms in total. The van der Waals surface area contributed by atoms with Crippen LogP contribution in [0.25, 0.3) is 0 Å². The number of benzene rings is 2. The Morgan fingerprint density at radius 1 is 0.968 bits per heavy atom. The largest absolute Gasteiger partial charge is 0.343 e. The molecule has 31 heavy (non-hydrogen) atoms. The number of aryl methyl sites for hydroxylation is 1. The Morgan fingerprint density at radius 2 is 1.65 bits per heavy atom. The summed E-state index contributed by atoms with van der Waals surface area (Å²) in [6, 6.07) is 18.0. The number of carbonyl (C=O) groups is 2. The van der Waals surface area contributed by atoms with E-state index >= 15 is 0 Å². The van der Waals surface area contributed by atoms with E-state index in [2.05, 4.69) is 19.1 Å². The Hall–Kier alpha value is -2.62. The van der Waals surface area contributed by atoms with E-state index in [0.29, 0.717) is 18.5 Å². The second-order valence-electron chi connectivity index (χ2n) is 8.58. The van der Waals surface area contributed by atoms with Crippen molar-refractivity contribution in [1.29, 1.82) is 0 Å². The van der Waals surface area contributed by atoms with Gasteiger partial charge in [-0.05, 0) is 55.9 Å². The summed E-state index contributed by atoms with van der Waals surface area (Å²) in [7, 11) is 0. The highest BCUT2D eigenvalue weighted by Crippen LogP contribution is 2.23. The molecule has 1 aliphatic heterocycles. The summed E-state index contributed by atoms with van der Waals surface area (Å²) in [6.07, 6.45) is 7.21. The first-order valence-corrected chi connectivity index (χ1v) is 11.8. The molecule has 1 aliphatic rings. The number of amides is 2. The van der Waals surface area contributed by atoms with E-state index in [4.69, 9.17) is 0 Å². The van der Waals surface area contributed by atoms with E-state index in [1.807, 2.05) is 59.2 Å². The lowest BCUT2D eigenvalue weighted by Crippen LogP contribution is -2.37. The molecule has 2 amide bonds. The lowest BCUT2D eigenvalue weighted by Gasteiger charge is -2.30. The molecule has 1 atom stereocenters. The predicted octanol–water partition coefficient (Wildman–Crippen LogP) is 5.64. The summed E-state index contributed by atoms with van der Waals surface area (Å²) in [5.74, 6) is 0.146. The number of nitrogens with zero attached hydrogens (tertiary/aromatic N) is 2. The van der Waals surface area contributed by atoms with E-state index in [0.717, 1.165) is 37.9 Å². The van der Waals surface area contributed by atoms with Crippen LogP contribution in [0.1, 0.15) is 79.9 Å². The van der Waals surface area contributed by atoms with E-state index in [9.17, 15) is 9.59 Å². The van der Waals surface area contributed by atoms with Gasteiger partial charge in [0, 0.05) is 31.6 Å². The zero-order valence-electron chi connectivity index (χ0n) is 19.1. The lowest BCUT2D eigenvalue weighted by atomic mass is 10.0. The van der Waals surface area contributed by atoms with E-state index in [-0.39, 0.29) is 17.9 Å². The molecule has 2 aromatic carbocycles. The zero-order valence-corrected chi connectivity index (χ0v) is 19.1. The fraction of sp³-hybridized carbons (Fsp3) is 0.481. The van der Waals surface area contributed by atoms with Crippen molar-refractivity contribution in [3.8, 4) is 0 Å². The maximum absolute atomic E-state index is 13.5. The van der Waals surface area contributed by atoms with Gasteiger partial charge in [-0.1, -0.05) is 62.2 Å². The highest BCUT2D eigenvalue weighted by Gasteiger charge is 2.25. The summed E-state index contributed by atoms with van der Waals surface area (Å²) in [5.41, 5.74) is 3.05. The van der Waals surface area contributed by atoms with Gasteiger partial charge in [0.1, 0.15) is 0 Å². The van der Waals surface area contributed by atoms with Crippen molar-refractivity contribution in [3.63, 3.8) is 0 Å².